The summed E-state index contributed by atoms with van der Waals surface area (Å²) in [5, 5.41) is 0. The van der Waals surface area contributed by atoms with Crippen LogP contribution in [-0.4, -0.2) is 68.4 Å². The number of hydrogen-bond acceptors (Lipinski definition) is 5. The number of carbonyl (C=O) groups excluding carboxylic acids is 2. The van der Waals surface area contributed by atoms with Crippen molar-refractivity contribution in [1.82, 2.24) is 9.80 Å². The van der Waals surface area contributed by atoms with Gasteiger partial charge in [0.1, 0.15) is 0 Å². The van der Waals surface area contributed by atoms with Gasteiger partial charge in [-0.25, -0.2) is 0 Å². The molecule has 154 valence electrons. The van der Waals surface area contributed by atoms with E-state index in [-0.39, 0.29) is 11.7 Å². The molecule has 3 rings (SSSR count). The second-order valence-corrected chi connectivity index (χ2v) is 7.10. The number of rotatable bonds is 8. The number of nitrogens with zero attached hydrogens (tertiary/aromatic N) is 2. The first-order chi connectivity index (χ1) is 14.1. The Morgan fingerprint density at radius 3 is 2.21 bits per heavy atom. The lowest BCUT2D eigenvalue weighted by Crippen LogP contribution is -2.48. The predicted molar refractivity (Wildman–Crippen MR) is 112 cm³/mol. The number of benzene rings is 2. The molecule has 1 amide bonds. The summed E-state index contributed by atoms with van der Waals surface area (Å²) in [6.07, 6.45) is 1.38. The molecule has 0 N–H and O–H groups in total. The van der Waals surface area contributed by atoms with E-state index < -0.39 is 0 Å². The van der Waals surface area contributed by atoms with Gasteiger partial charge in [-0.1, -0.05) is 30.3 Å². The largest absolute Gasteiger partial charge is 0.493 e. The summed E-state index contributed by atoms with van der Waals surface area (Å²) in [6.45, 7) is 3.87. The van der Waals surface area contributed by atoms with Crippen molar-refractivity contribution in [2.75, 3.05) is 46.9 Å². The van der Waals surface area contributed by atoms with Gasteiger partial charge in [0.05, 0.1) is 14.2 Å². The van der Waals surface area contributed by atoms with Gasteiger partial charge in [0, 0.05) is 43.7 Å². The van der Waals surface area contributed by atoms with E-state index in [1.807, 2.05) is 35.2 Å². The van der Waals surface area contributed by atoms with E-state index in [1.165, 1.54) is 0 Å². The fourth-order valence-corrected chi connectivity index (χ4v) is 3.56. The fourth-order valence-electron chi connectivity index (χ4n) is 3.56. The minimum absolute atomic E-state index is 0.00450. The Balaban J connectivity index is 1.45. The molecule has 1 heterocycles. The first-order valence-electron chi connectivity index (χ1n) is 9.94. The Hall–Kier alpha value is -2.86. The Bertz CT molecular complexity index is 830. The molecule has 0 bridgehead atoms. The summed E-state index contributed by atoms with van der Waals surface area (Å²) in [5.41, 5.74) is 1.38. The van der Waals surface area contributed by atoms with Crippen molar-refractivity contribution >= 4 is 11.7 Å². The van der Waals surface area contributed by atoms with Crippen molar-refractivity contribution < 1.29 is 19.1 Å². The molecule has 0 saturated carbocycles. The zero-order valence-corrected chi connectivity index (χ0v) is 17.1. The third-order valence-corrected chi connectivity index (χ3v) is 5.26. The van der Waals surface area contributed by atoms with Crippen LogP contribution < -0.4 is 9.47 Å². The van der Waals surface area contributed by atoms with Crippen LogP contribution in [0.15, 0.2) is 48.5 Å². The van der Waals surface area contributed by atoms with E-state index in [0.29, 0.717) is 36.6 Å². The summed E-state index contributed by atoms with van der Waals surface area (Å²) in [4.78, 5) is 29.2. The second-order valence-electron chi connectivity index (χ2n) is 7.10. The number of amides is 1. The molecule has 0 aliphatic carbocycles. The van der Waals surface area contributed by atoms with Crippen molar-refractivity contribution in [2.45, 2.75) is 12.8 Å². The standard InChI is InChI=1S/C23H28N2O4/c1-28-21-11-10-19(17-22(21)29-2)23(27)25-15-13-24(14-16-25)12-6-9-20(26)18-7-4-3-5-8-18/h3-5,7-8,10-11,17H,6,9,12-16H2,1-2H3. The molecule has 1 aliphatic rings. The first-order valence-corrected chi connectivity index (χ1v) is 9.94. The van der Waals surface area contributed by atoms with Crippen LogP contribution in [0, 0.1) is 0 Å². The third-order valence-electron chi connectivity index (χ3n) is 5.26. The molecule has 6 heteroatoms. The highest BCUT2D eigenvalue weighted by Crippen LogP contribution is 2.28. The summed E-state index contributed by atoms with van der Waals surface area (Å²) in [7, 11) is 3.14. The number of Topliss-reactive ketones (excluding diaryl/α,β-unsaturated/α-hetero) is 1. The number of piperazine rings is 1. The van der Waals surface area contributed by atoms with E-state index in [4.69, 9.17) is 9.47 Å². The van der Waals surface area contributed by atoms with Gasteiger partial charge >= 0.3 is 0 Å². The van der Waals surface area contributed by atoms with Crippen LogP contribution >= 0.6 is 0 Å². The van der Waals surface area contributed by atoms with Crippen LogP contribution in [-0.2, 0) is 0 Å². The molecule has 1 saturated heterocycles. The van der Waals surface area contributed by atoms with Gasteiger partial charge in [0.15, 0.2) is 17.3 Å². The van der Waals surface area contributed by atoms with Crippen molar-refractivity contribution in [3.05, 3.63) is 59.7 Å². The molecule has 0 unspecified atom stereocenters. The van der Waals surface area contributed by atoms with E-state index in [0.717, 1.165) is 31.6 Å². The van der Waals surface area contributed by atoms with E-state index >= 15 is 0 Å². The Morgan fingerprint density at radius 1 is 0.862 bits per heavy atom. The molecule has 0 spiro atoms. The number of ether oxygens (including phenoxy) is 2. The van der Waals surface area contributed by atoms with Crippen LogP contribution in [0.5, 0.6) is 11.5 Å². The lowest BCUT2D eigenvalue weighted by Gasteiger charge is -2.34. The summed E-state index contributed by atoms with van der Waals surface area (Å²) in [6, 6.07) is 14.7. The maximum absolute atomic E-state index is 12.8. The minimum atomic E-state index is 0.00450. The molecule has 1 aliphatic heterocycles. The fraction of sp³-hybridized carbons (Fsp3) is 0.391. The zero-order chi connectivity index (χ0) is 20.6. The molecule has 6 nitrogen and oxygen atoms in total. The molecular weight excluding hydrogens is 368 g/mol. The Morgan fingerprint density at radius 2 is 1.55 bits per heavy atom. The molecule has 0 aromatic heterocycles. The summed E-state index contributed by atoms with van der Waals surface area (Å²) >= 11 is 0. The average molecular weight is 396 g/mol. The number of methoxy groups -OCH3 is 2. The van der Waals surface area contributed by atoms with Gasteiger partial charge in [-0.2, -0.15) is 0 Å². The highest BCUT2D eigenvalue weighted by Gasteiger charge is 2.23. The number of hydrogen-bond donors (Lipinski definition) is 0. The smallest absolute Gasteiger partial charge is 0.254 e. The van der Waals surface area contributed by atoms with Crippen LogP contribution in [0.1, 0.15) is 33.6 Å². The molecular formula is C23H28N2O4. The van der Waals surface area contributed by atoms with E-state index in [1.54, 1.807) is 32.4 Å². The van der Waals surface area contributed by atoms with E-state index in [2.05, 4.69) is 4.90 Å². The predicted octanol–water partition coefficient (Wildman–Crippen LogP) is 3.12. The van der Waals surface area contributed by atoms with Crippen molar-refractivity contribution in [1.29, 1.82) is 0 Å². The Kier molecular flexibility index (Phi) is 7.25. The molecule has 0 atom stereocenters. The minimum Gasteiger partial charge on any atom is -0.493 e. The third kappa shape index (κ3) is 5.35. The van der Waals surface area contributed by atoms with Gasteiger partial charge in [0.25, 0.3) is 5.91 Å². The van der Waals surface area contributed by atoms with Gasteiger partial charge in [-0.15, -0.1) is 0 Å². The average Bonchev–Trinajstić information content (AvgIpc) is 2.79. The van der Waals surface area contributed by atoms with Crippen molar-refractivity contribution in [3.8, 4) is 11.5 Å². The first kappa shape index (κ1) is 20.9. The van der Waals surface area contributed by atoms with Crippen LogP contribution in [0.3, 0.4) is 0 Å². The summed E-state index contributed by atoms with van der Waals surface area (Å²) in [5.74, 6) is 1.36. The highest BCUT2D eigenvalue weighted by atomic mass is 16.5. The van der Waals surface area contributed by atoms with Crippen LogP contribution in [0.25, 0.3) is 0 Å². The Labute approximate surface area is 172 Å². The quantitative estimate of drug-likeness (QED) is 0.642. The number of carbonyl (C=O) groups is 2. The van der Waals surface area contributed by atoms with Gasteiger partial charge in [-0.3, -0.25) is 14.5 Å². The SMILES string of the molecule is COc1ccc(C(=O)N2CCN(CCCC(=O)c3ccccc3)CC2)cc1OC. The van der Waals surface area contributed by atoms with Crippen LogP contribution in [0.2, 0.25) is 0 Å². The van der Waals surface area contributed by atoms with Gasteiger partial charge < -0.3 is 14.4 Å². The lowest BCUT2D eigenvalue weighted by atomic mass is 10.1. The maximum Gasteiger partial charge on any atom is 0.254 e. The van der Waals surface area contributed by atoms with Crippen LogP contribution in [0.4, 0.5) is 0 Å². The van der Waals surface area contributed by atoms with Crippen molar-refractivity contribution in [3.63, 3.8) is 0 Å². The van der Waals surface area contributed by atoms with E-state index in [9.17, 15) is 9.59 Å². The topological polar surface area (TPSA) is 59.1 Å². The monoisotopic (exact) mass is 396 g/mol. The lowest BCUT2D eigenvalue weighted by molar-refractivity contribution is 0.0634. The number of ketones is 1. The molecule has 0 radical (unpaired) electrons. The maximum atomic E-state index is 12.8. The highest BCUT2D eigenvalue weighted by molar-refractivity contribution is 5.96. The zero-order valence-electron chi connectivity index (χ0n) is 17.1. The van der Waals surface area contributed by atoms with Gasteiger partial charge in [0.2, 0.25) is 0 Å². The molecule has 2 aromatic carbocycles. The molecule has 1 fully saturated rings. The second kappa shape index (κ2) is 10.1. The normalized spacial score (nSPS) is 14.5. The molecule has 29 heavy (non-hydrogen) atoms. The summed E-state index contributed by atoms with van der Waals surface area (Å²) < 4.78 is 10.5. The van der Waals surface area contributed by atoms with Gasteiger partial charge in [-0.05, 0) is 31.2 Å². The molecule has 2 aromatic rings. The van der Waals surface area contributed by atoms with Crippen molar-refractivity contribution in [2.24, 2.45) is 0 Å².